The molecule has 0 radical (unpaired) electrons. The number of pyridine rings is 1. The Labute approximate surface area is 162 Å². The number of alkyl halides is 3. The van der Waals surface area contributed by atoms with Gasteiger partial charge in [0.05, 0.1) is 10.6 Å². The second-order valence-electron chi connectivity index (χ2n) is 5.57. The van der Waals surface area contributed by atoms with Gasteiger partial charge in [-0.05, 0) is 37.3 Å². The first-order valence-corrected chi connectivity index (χ1v) is 8.22. The van der Waals surface area contributed by atoms with Crippen LogP contribution in [-0.2, 0) is 6.18 Å². The predicted molar refractivity (Wildman–Crippen MR) is 95.5 cm³/mol. The molecule has 1 amide bonds. The van der Waals surface area contributed by atoms with E-state index in [-0.39, 0.29) is 28.0 Å². The highest BCUT2D eigenvalue weighted by molar-refractivity contribution is 6.34. The molecule has 0 atom stereocenters. The molecular weight excluding hydrogens is 397 g/mol. The van der Waals surface area contributed by atoms with Crippen molar-refractivity contribution in [3.8, 4) is 11.6 Å². The molecule has 3 aromatic rings. The van der Waals surface area contributed by atoms with Crippen LogP contribution in [0.5, 0.6) is 11.6 Å². The van der Waals surface area contributed by atoms with E-state index in [4.69, 9.17) is 16.3 Å². The van der Waals surface area contributed by atoms with Gasteiger partial charge in [0, 0.05) is 24.1 Å². The van der Waals surface area contributed by atoms with Crippen LogP contribution in [0.3, 0.4) is 0 Å². The molecule has 10 heteroatoms. The third-order valence-corrected chi connectivity index (χ3v) is 3.78. The molecule has 0 saturated heterocycles. The number of hydrogen-bond donors (Lipinski definition) is 1. The van der Waals surface area contributed by atoms with E-state index in [1.807, 2.05) is 0 Å². The van der Waals surface area contributed by atoms with Gasteiger partial charge in [-0.15, -0.1) is 0 Å². The summed E-state index contributed by atoms with van der Waals surface area (Å²) in [6.45, 7) is 1.34. The summed E-state index contributed by atoms with van der Waals surface area (Å²) in [5.74, 6) is -0.516. The number of ether oxygens (including phenoxy) is 1. The van der Waals surface area contributed by atoms with Crippen molar-refractivity contribution in [1.82, 2.24) is 15.0 Å². The number of aromatic nitrogens is 3. The summed E-state index contributed by atoms with van der Waals surface area (Å²) in [5, 5.41) is 2.89. The minimum absolute atomic E-state index is 0.0675. The molecule has 0 unspecified atom stereocenters. The van der Waals surface area contributed by atoms with E-state index in [9.17, 15) is 18.0 Å². The second kappa shape index (κ2) is 7.81. The smallest absolute Gasteiger partial charge is 0.433 e. The number of hydrogen-bond acceptors (Lipinski definition) is 5. The minimum Gasteiger partial charge on any atom is -0.439 e. The molecule has 0 aliphatic rings. The van der Waals surface area contributed by atoms with Gasteiger partial charge >= 0.3 is 6.18 Å². The molecule has 0 bridgehead atoms. The number of benzene rings is 1. The van der Waals surface area contributed by atoms with Gasteiger partial charge in [-0.1, -0.05) is 11.6 Å². The maximum atomic E-state index is 12.8. The Balaban J connectivity index is 1.72. The average molecular weight is 409 g/mol. The zero-order valence-corrected chi connectivity index (χ0v) is 15.0. The highest BCUT2D eigenvalue weighted by Gasteiger charge is 2.33. The zero-order chi connectivity index (χ0) is 20.3. The Morgan fingerprint density at radius 1 is 1.14 bits per heavy atom. The van der Waals surface area contributed by atoms with Crippen LogP contribution in [0.25, 0.3) is 0 Å². The van der Waals surface area contributed by atoms with E-state index < -0.39 is 17.8 Å². The fourth-order valence-electron chi connectivity index (χ4n) is 2.21. The fraction of sp³-hybridized carbons (Fsp3) is 0.111. The summed E-state index contributed by atoms with van der Waals surface area (Å²) in [5.41, 5.74) is -0.444. The van der Waals surface area contributed by atoms with Crippen molar-refractivity contribution >= 4 is 23.2 Å². The van der Waals surface area contributed by atoms with Gasteiger partial charge in [-0.25, -0.2) is 4.98 Å². The number of carbonyl (C=O) groups excluding carboxylic acids is 1. The molecule has 28 heavy (non-hydrogen) atoms. The molecule has 144 valence electrons. The molecule has 0 aliphatic carbocycles. The predicted octanol–water partition coefficient (Wildman–Crippen LogP) is 4.90. The summed E-state index contributed by atoms with van der Waals surface area (Å²) in [6, 6.07) is 8.21. The van der Waals surface area contributed by atoms with Crippen molar-refractivity contribution in [3.05, 3.63) is 70.9 Å². The first-order chi connectivity index (χ1) is 13.2. The topological polar surface area (TPSA) is 77.0 Å². The summed E-state index contributed by atoms with van der Waals surface area (Å²) in [4.78, 5) is 23.2. The quantitative estimate of drug-likeness (QED) is 0.664. The van der Waals surface area contributed by atoms with Crippen LogP contribution in [0, 0.1) is 6.92 Å². The lowest BCUT2D eigenvalue weighted by Gasteiger charge is -2.10. The Morgan fingerprint density at radius 2 is 1.86 bits per heavy atom. The fourth-order valence-corrected chi connectivity index (χ4v) is 2.40. The van der Waals surface area contributed by atoms with Crippen molar-refractivity contribution in [3.63, 3.8) is 0 Å². The molecule has 0 spiro atoms. The van der Waals surface area contributed by atoms with Crippen LogP contribution in [-0.4, -0.2) is 20.9 Å². The number of anilines is 1. The number of halogens is 4. The molecule has 0 aliphatic heterocycles. The van der Waals surface area contributed by atoms with Crippen LogP contribution in [0.1, 0.15) is 21.9 Å². The number of aryl methyl sites for hydroxylation is 1. The van der Waals surface area contributed by atoms with Crippen LogP contribution in [0.15, 0.2) is 48.8 Å². The Kier molecular flexibility index (Phi) is 5.46. The van der Waals surface area contributed by atoms with Crippen molar-refractivity contribution < 1.29 is 22.7 Å². The highest BCUT2D eigenvalue weighted by atomic mass is 35.5. The highest BCUT2D eigenvalue weighted by Crippen LogP contribution is 2.31. The van der Waals surface area contributed by atoms with E-state index in [2.05, 4.69) is 20.3 Å². The van der Waals surface area contributed by atoms with Crippen molar-refractivity contribution in [2.75, 3.05) is 5.32 Å². The summed E-state index contributed by atoms with van der Waals surface area (Å²) in [7, 11) is 0. The van der Waals surface area contributed by atoms with Crippen molar-refractivity contribution in [2.45, 2.75) is 13.1 Å². The molecule has 2 heterocycles. The van der Waals surface area contributed by atoms with Crippen molar-refractivity contribution in [1.29, 1.82) is 0 Å². The van der Waals surface area contributed by atoms with E-state index in [1.165, 1.54) is 49.6 Å². The van der Waals surface area contributed by atoms with Gasteiger partial charge in [0.1, 0.15) is 11.6 Å². The van der Waals surface area contributed by atoms with Gasteiger partial charge in [0.2, 0.25) is 5.88 Å². The number of amides is 1. The zero-order valence-electron chi connectivity index (χ0n) is 14.3. The van der Waals surface area contributed by atoms with Gasteiger partial charge in [-0.3, -0.25) is 9.78 Å². The molecule has 2 aromatic heterocycles. The van der Waals surface area contributed by atoms with Gasteiger partial charge < -0.3 is 10.1 Å². The third-order valence-electron chi connectivity index (χ3n) is 3.45. The monoisotopic (exact) mass is 408 g/mol. The summed E-state index contributed by atoms with van der Waals surface area (Å²) >= 11 is 5.95. The van der Waals surface area contributed by atoms with Gasteiger partial charge in [0.15, 0.2) is 5.69 Å². The van der Waals surface area contributed by atoms with E-state index in [0.717, 1.165) is 0 Å². The number of nitrogens with one attached hydrogen (secondary N) is 1. The molecule has 1 N–H and O–H groups in total. The maximum absolute atomic E-state index is 12.8. The molecule has 6 nitrogen and oxygen atoms in total. The molecule has 1 aromatic carbocycles. The molecule has 0 fully saturated rings. The van der Waals surface area contributed by atoms with Crippen molar-refractivity contribution in [2.24, 2.45) is 0 Å². The number of rotatable bonds is 4. The first-order valence-electron chi connectivity index (χ1n) is 7.84. The molecule has 3 rings (SSSR count). The Morgan fingerprint density at radius 3 is 2.50 bits per heavy atom. The van der Waals surface area contributed by atoms with Gasteiger partial charge in [-0.2, -0.15) is 18.2 Å². The Bertz CT molecular complexity index is 1010. The number of carbonyl (C=O) groups is 1. The number of nitrogens with zero attached hydrogens (tertiary/aromatic N) is 3. The van der Waals surface area contributed by atoms with Crippen LogP contribution in [0.4, 0.5) is 18.9 Å². The second-order valence-corrected chi connectivity index (χ2v) is 5.98. The lowest BCUT2D eigenvalue weighted by molar-refractivity contribution is -0.141. The maximum Gasteiger partial charge on any atom is 0.433 e. The SMILES string of the molecule is Cc1nc(Oc2ccc(NC(=O)c3cnccc3Cl)cc2)cc(C(F)(F)F)n1. The van der Waals surface area contributed by atoms with Crippen LogP contribution in [0.2, 0.25) is 5.02 Å². The third kappa shape index (κ3) is 4.74. The Hall–Kier alpha value is -3.20. The summed E-state index contributed by atoms with van der Waals surface area (Å²) in [6.07, 6.45) is -1.80. The van der Waals surface area contributed by atoms with E-state index in [1.54, 1.807) is 0 Å². The summed E-state index contributed by atoms with van der Waals surface area (Å²) < 4.78 is 43.9. The average Bonchev–Trinajstić information content (AvgIpc) is 2.62. The lowest BCUT2D eigenvalue weighted by atomic mass is 10.2. The first kappa shape index (κ1) is 19.6. The van der Waals surface area contributed by atoms with Crippen LogP contribution >= 0.6 is 11.6 Å². The lowest BCUT2D eigenvalue weighted by Crippen LogP contribution is -2.12. The van der Waals surface area contributed by atoms with E-state index >= 15 is 0 Å². The largest absolute Gasteiger partial charge is 0.439 e. The molecule has 0 saturated carbocycles. The minimum atomic E-state index is -4.60. The normalized spacial score (nSPS) is 11.2. The van der Waals surface area contributed by atoms with Crippen LogP contribution < -0.4 is 10.1 Å². The standard InChI is InChI=1S/C18H12ClF3N4O2/c1-10-24-15(18(20,21)22)8-16(25-10)28-12-4-2-11(3-5-12)26-17(27)13-9-23-7-6-14(13)19/h2-9H,1H3,(H,26,27). The molecular formula is C18H12ClF3N4O2. The van der Waals surface area contributed by atoms with E-state index in [0.29, 0.717) is 11.8 Å². The van der Waals surface area contributed by atoms with Gasteiger partial charge in [0.25, 0.3) is 5.91 Å².